The fraction of sp³-hybridized carbons (Fsp3) is 0.0769. The van der Waals surface area contributed by atoms with Crippen LogP contribution in [0, 0.1) is 0 Å². The summed E-state index contributed by atoms with van der Waals surface area (Å²) in [6.45, 7) is 1.27. The van der Waals surface area contributed by atoms with Crippen LogP contribution in [0.3, 0.4) is 0 Å². The lowest BCUT2D eigenvalue weighted by Gasteiger charge is -2.23. The second-order valence-electron chi connectivity index (χ2n) is 7.27. The van der Waals surface area contributed by atoms with Crippen LogP contribution >= 0.6 is 11.6 Å². The van der Waals surface area contributed by atoms with E-state index in [1.54, 1.807) is 0 Å². The summed E-state index contributed by atoms with van der Waals surface area (Å²) in [6, 6.07) is 30.7. The van der Waals surface area contributed by atoms with Gasteiger partial charge in [0.2, 0.25) is 0 Å². The molecule has 1 aliphatic rings. The highest BCUT2D eigenvalue weighted by Crippen LogP contribution is 2.35. The van der Waals surface area contributed by atoms with Gasteiger partial charge in [-0.05, 0) is 35.2 Å². The van der Waals surface area contributed by atoms with Gasteiger partial charge in [0, 0.05) is 29.5 Å². The molecule has 1 heterocycles. The van der Waals surface area contributed by atoms with Gasteiger partial charge in [-0.2, -0.15) is 0 Å². The summed E-state index contributed by atoms with van der Waals surface area (Å²) >= 11 is 6.52. The van der Waals surface area contributed by atoms with Crippen molar-refractivity contribution in [1.82, 2.24) is 0 Å². The molecule has 148 valence electrons. The molecule has 0 N–H and O–H groups in total. The Morgan fingerprint density at radius 3 is 2.40 bits per heavy atom. The van der Waals surface area contributed by atoms with Gasteiger partial charge in [0.25, 0.3) is 0 Å². The first-order valence-corrected chi connectivity index (χ1v) is 10.3. The average Bonchev–Trinajstić information content (AvgIpc) is 3.29. The number of benzene rings is 4. The molecule has 4 heteroatoms. The van der Waals surface area contributed by atoms with Crippen molar-refractivity contribution in [3.05, 3.63) is 114 Å². The summed E-state index contributed by atoms with van der Waals surface area (Å²) in [5, 5.41) is 2.99. The molecule has 4 aromatic rings. The maximum Gasteiger partial charge on any atom is 0.121 e. The second-order valence-corrected chi connectivity index (χ2v) is 7.67. The average molecular weight is 413 g/mol. The maximum atomic E-state index is 6.52. The molecule has 0 aliphatic carbocycles. The van der Waals surface area contributed by atoms with Crippen molar-refractivity contribution >= 4 is 33.7 Å². The van der Waals surface area contributed by atoms with Crippen LogP contribution in [0.15, 0.2) is 103 Å². The lowest BCUT2D eigenvalue weighted by Crippen LogP contribution is -2.24. The zero-order valence-electron chi connectivity index (χ0n) is 16.4. The van der Waals surface area contributed by atoms with Crippen molar-refractivity contribution in [2.75, 3.05) is 16.5 Å². The third-order valence-electron chi connectivity index (χ3n) is 5.27. The summed E-state index contributed by atoms with van der Waals surface area (Å²) in [6.07, 6.45) is 4.18. The van der Waals surface area contributed by atoms with Gasteiger partial charge in [0.15, 0.2) is 0 Å². The Kier molecular flexibility index (Phi) is 5.04. The number of nitrogens with zero attached hydrogens (tertiary/aromatic N) is 2. The zero-order chi connectivity index (χ0) is 20.3. The van der Waals surface area contributed by atoms with Gasteiger partial charge in [-0.1, -0.05) is 72.3 Å². The Hall–Kier alpha value is -3.43. The molecular weight excluding hydrogens is 392 g/mol. The van der Waals surface area contributed by atoms with Gasteiger partial charge >= 0.3 is 0 Å². The van der Waals surface area contributed by atoms with Crippen molar-refractivity contribution in [2.24, 2.45) is 0 Å². The van der Waals surface area contributed by atoms with E-state index in [1.165, 1.54) is 0 Å². The van der Waals surface area contributed by atoms with Crippen LogP contribution in [-0.4, -0.2) is 6.67 Å². The summed E-state index contributed by atoms with van der Waals surface area (Å²) < 4.78 is 6.00. The highest BCUT2D eigenvalue weighted by molar-refractivity contribution is 6.36. The van der Waals surface area contributed by atoms with Gasteiger partial charge in [-0.3, -0.25) is 0 Å². The Bertz CT molecular complexity index is 1200. The molecule has 0 fully saturated rings. The third-order valence-corrected chi connectivity index (χ3v) is 5.59. The first kappa shape index (κ1) is 18.6. The molecule has 0 atom stereocenters. The molecule has 0 radical (unpaired) electrons. The van der Waals surface area contributed by atoms with Gasteiger partial charge in [0.1, 0.15) is 12.4 Å². The van der Waals surface area contributed by atoms with Crippen LogP contribution < -0.4 is 14.5 Å². The van der Waals surface area contributed by atoms with Gasteiger partial charge < -0.3 is 14.5 Å². The quantitative estimate of drug-likeness (QED) is 0.357. The number of ether oxygens (including phenoxy) is 1. The van der Waals surface area contributed by atoms with Gasteiger partial charge in [0.05, 0.1) is 17.4 Å². The molecular formula is C26H21ClN2O. The van der Waals surface area contributed by atoms with E-state index in [2.05, 4.69) is 70.7 Å². The van der Waals surface area contributed by atoms with Crippen LogP contribution in [0.25, 0.3) is 10.8 Å². The number of anilines is 2. The van der Waals surface area contributed by atoms with Crippen LogP contribution in [0.5, 0.6) is 5.75 Å². The summed E-state index contributed by atoms with van der Waals surface area (Å²) in [5.74, 6) is 0.858. The van der Waals surface area contributed by atoms with Crippen molar-refractivity contribution in [3.8, 4) is 5.75 Å². The first-order chi connectivity index (χ1) is 14.8. The van der Waals surface area contributed by atoms with Gasteiger partial charge in [-0.25, -0.2) is 0 Å². The predicted octanol–water partition coefficient (Wildman–Crippen LogP) is 6.83. The van der Waals surface area contributed by atoms with E-state index in [0.717, 1.165) is 38.5 Å². The number of hydrogen-bond acceptors (Lipinski definition) is 3. The predicted molar refractivity (Wildman–Crippen MR) is 125 cm³/mol. The Morgan fingerprint density at radius 2 is 1.53 bits per heavy atom. The van der Waals surface area contributed by atoms with Crippen LogP contribution in [0.2, 0.25) is 5.02 Å². The van der Waals surface area contributed by atoms with Gasteiger partial charge in [-0.15, -0.1) is 0 Å². The maximum absolute atomic E-state index is 6.52. The van der Waals surface area contributed by atoms with Crippen molar-refractivity contribution < 1.29 is 4.74 Å². The number of halogens is 1. The summed E-state index contributed by atoms with van der Waals surface area (Å²) in [5.41, 5.74) is 3.35. The van der Waals surface area contributed by atoms with E-state index < -0.39 is 0 Å². The molecule has 1 aliphatic heterocycles. The van der Waals surface area contributed by atoms with Crippen molar-refractivity contribution in [2.45, 2.75) is 6.61 Å². The van der Waals surface area contributed by atoms with E-state index in [-0.39, 0.29) is 0 Å². The third kappa shape index (κ3) is 3.72. The van der Waals surface area contributed by atoms with Crippen molar-refractivity contribution in [1.29, 1.82) is 0 Å². The Balaban J connectivity index is 1.34. The fourth-order valence-corrected chi connectivity index (χ4v) is 4.03. The van der Waals surface area contributed by atoms with E-state index in [4.69, 9.17) is 16.3 Å². The van der Waals surface area contributed by atoms with Crippen LogP contribution in [-0.2, 0) is 6.61 Å². The number of fused-ring (bicyclic) bond motifs is 1. The lowest BCUT2D eigenvalue weighted by molar-refractivity contribution is 0.306. The summed E-state index contributed by atoms with van der Waals surface area (Å²) in [4.78, 5) is 4.41. The molecule has 4 aromatic carbocycles. The molecule has 0 saturated heterocycles. The highest BCUT2D eigenvalue weighted by atomic mass is 35.5. The smallest absolute Gasteiger partial charge is 0.121 e. The molecule has 3 nitrogen and oxygen atoms in total. The Morgan fingerprint density at radius 1 is 0.767 bits per heavy atom. The van der Waals surface area contributed by atoms with E-state index in [0.29, 0.717) is 13.3 Å². The molecule has 30 heavy (non-hydrogen) atoms. The highest BCUT2D eigenvalue weighted by Gasteiger charge is 2.18. The van der Waals surface area contributed by atoms with Crippen LogP contribution in [0.1, 0.15) is 5.56 Å². The fourth-order valence-electron chi connectivity index (χ4n) is 3.75. The number of hydrogen-bond donors (Lipinski definition) is 0. The largest absolute Gasteiger partial charge is 0.489 e. The van der Waals surface area contributed by atoms with E-state index in [9.17, 15) is 0 Å². The van der Waals surface area contributed by atoms with Crippen molar-refractivity contribution in [3.63, 3.8) is 0 Å². The zero-order valence-corrected chi connectivity index (χ0v) is 17.2. The normalized spacial score (nSPS) is 13.2. The van der Waals surface area contributed by atoms with E-state index in [1.807, 2.05) is 42.5 Å². The minimum atomic E-state index is 0.556. The lowest BCUT2D eigenvalue weighted by atomic mass is 10.1. The molecule has 0 saturated carbocycles. The molecule has 0 unspecified atom stereocenters. The molecule has 0 amide bonds. The van der Waals surface area contributed by atoms with E-state index >= 15 is 0 Å². The minimum absolute atomic E-state index is 0.556. The molecule has 0 bridgehead atoms. The summed E-state index contributed by atoms with van der Waals surface area (Å²) in [7, 11) is 0. The Labute approximate surface area is 181 Å². The minimum Gasteiger partial charge on any atom is -0.489 e. The monoisotopic (exact) mass is 412 g/mol. The SMILES string of the molecule is Clc1cccc2cccc(N3C=CN(c4cccc(OCc5ccccc5)c4)C3)c12. The number of rotatable bonds is 5. The molecule has 0 spiro atoms. The molecule has 5 rings (SSSR count). The topological polar surface area (TPSA) is 15.7 Å². The standard InChI is InChI=1S/C26H21ClN2O/c27-24-13-4-9-21-10-5-14-25(26(21)24)29-16-15-28(19-29)22-11-6-12-23(17-22)30-18-20-7-2-1-3-8-20/h1-17H,18-19H2. The van der Waals surface area contributed by atoms with Crippen LogP contribution in [0.4, 0.5) is 11.4 Å². The first-order valence-electron chi connectivity index (χ1n) is 9.93. The molecule has 0 aromatic heterocycles. The second kappa shape index (κ2) is 8.13.